The van der Waals surface area contributed by atoms with Crippen LogP contribution in [0.4, 0.5) is 0 Å². The SMILES string of the molecule is CC(C)c1ncc2c(n1)CCN(Cc1ccc(-c3cccc(C#N)c3)nc1)C2. The molecule has 0 fully saturated rings. The van der Waals surface area contributed by atoms with E-state index in [9.17, 15) is 0 Å². The van der Waals surface area contributed by atoms with Crippen LogP contribution in [-0.2, 0) is 19.5 Å². The van der Waals surface area contributed by atoms with Gasteiger partial charge in [-0.1, -0.05) is 32.0 Å². The molecule has 0 atom stereocenters. The van der Waals surface area contributed by atoms with Crippen molar-refractivity contribution in [2.24, 2.45) is 0 Å². The van der Waals surface area contributed by atoms with Crippen molar-refractivity contribution in [2.45, 2.75) is 39.3 Å². The zero-order chi connectivity index (χ0) is 19.5. The van der Waals surface area contributed by atoms with E-state index in [0.717, 1.165) is 43.1 Å². The van der Waals surface area contributed by atoms with Crippen molar-refractivity contribution in [3.8, 4) is 17.3 Å². The van der Waals surface area contributed by atoms with Gasteiger partial charge < -0.3 is 0 Å². The first-order chi connectivity index (χ1) is 13.6. The molecular formula is C23H23N5. The Morgan fingerprint density at radius 2 is 2.04 bits per heavy atom. The third kappa shape index (κ3) is 3.92. The van der Waals surface area contributed by atoms with Crippen molar-refractivity contribution in [1.29, 1.82) is 5.26 Å². The topological polar surface area (TPSA) is 65.7 Å². The van der Waals surface area contributed by atoms with Gasteiger partial charge in [-0.3, -0.25) is 9.88 Å². The lowest BCUT2D eigenvalue weighted by atomic mass is 10.1. The van der Waals surface area contributed by atoms with Crippen molar-refractivity contribution in [3.05, 3.63) is 77.0 Å². The first kappa shape index (κ1) is 18.3. The number of fused-ring (bicyclic) bond motifs is 1. The van der Waals surface area contributed by atoms with Crippen LogP contribution < -0.4 is 0 Å². The average Bonchev–Trinajstić information content (AvgIpc) is 2.74. The fourth-order valence-electron chi connectivity index (χ4n) is 3.50. The summed E-state index contributed by atoms with van der Waals surface area (Å²) in [7, 11) is 0. The van der Waals surface area contributed by atoms with Gasteiger partial charge in [0.25, 0.3) is 0 Å². The van der Waals surface area contributed by atoms with Crippen LogP contribution in [0.2, 0.25) is 0 Å². The molecule has 0 aliphatic carbocycles. The summed E-state index contributed by atoms with van der Waals surface area (Å²) >= 11 is 0. The van der Waals surface area contributed by atoms with E-state index in [2.05, 4.69) is 40.9 Å². The molecule has 1 aliphatic heterocycles. The molecule has 0 unspecified atom stereocenters. The number of nitrogens with zero attached hydrogens (tertiary/aromatic N) is 5. The second kappa shape index (κ2) is 7.87. The summed E-state index contributed by atoms with van der Waals surface area (Å²) < 4.78 is 0. The van der Waals surface area contributed by atoms with Gasteiger partial charge in [0.15, 0.2) is 0 Å². The minimum absolute atomic E-state index is 0.363. The van der Waals surface area contributed by atoms with Gasteiger partial charge in [-0.05, 0) is 23.8 Å². The molecule has 3 heterocycles. The Kier molecular flexibility index (Phi) is 5.14. The van der Waals surface area contributed by atoms with Gasteiger partial charge in [-0.15, -0.1) is 0 Å². The molecule has 5 heteroatoms. The second-order valence-corrected chi connectivity index (χ2v) is 7.56. The largest absolute Gasteiger partial charge is 0.294 e. The molecule has 5 nitrogen and oxygen atoms in total. The summed E-state index contributed by atoms with van der Waals surface area (Å²) in [4.78, 5) is 16.3. The highest BCUT2D eigenvalue weighted by Gasteiger charge is 2.19. The highest BCUT2D eigenvalue weighted by molar-refractivity contribution is 5.61. The number of rotatable bonds is 4. The summed E-state index contributed by atoms with van der Waals surface area (Å²) in [6.07, 6.45) is 4.89. The first-order valence-electron chi connectivity index (χ1n) is 9.65. The molecule has 0 bridgehead atoms. The Morgan fingerprint density at radius 3 is 2.79 bits per heavy atom. The number of benzene rings is 1. The predicted molar refractivity (Wildman–Crippen MR) is 108 cm³/mol. The van der Waals surface area contributed by atoms with Crippen molar-refractivity contribution in [2.75, 3.05) is 6.54 Å². The van der Waals surface area contributed by atoms with E-state index >= 15 is 0 Å². The Morgan fingerprint density at radius 1 is 1.14 bits per heavy atom. The fourth-order valence-corrected chi connectivity index (χ4v) is 3.50. The van der Waals surface area contributed by atoms with Crippen molar-refractivity contribution in [3.63, 3.8) is 0 Å². The smallest absolute Gasteiger partial charge is 0.131 e. The highest BCUT2D eigenvalue weighted by atomic mass is 15.1. The lowest BCUT2D eigenvalue weighted by Gasteiger charge is -2.28. The van der Waals surface area contributed by atoms with Crippen molar-refractivity contribution >= 4 is 0 Å². The van der Waals surface area contributed by atoms with E-state index in [-0.39, 0.29) is 0 Å². The van der Waals surface area contributed by atoms with Crippen molar-refractivity contribution in [1.82, 2.24) is 19.9 Å². The van der Waals surface area contributed by atoms with Crippen LogP contribution >= 0.6 is 0 Å². The minimum atomic E-state index is 0.363. The molecule has 2 aromatic heterocycles. The zero-order valence-corrected chi connectivity index (χ0v) is 16.3. The van der Waals surface area contributed by atoms with Crippen LogP contribution in [-0.4, -0.2) is 26.4 Å². The Hall–Kier alpha value is -3.10. The zero-order valence-electron chi connectivity index (χ0n) is 16.3. The van der Waals surface area contributed by atoms with Gasteiger partial charge in [-0.25, -0.2) is 9.97 Å². The van der Waals surface area contributed by atoms with E-state index in [0.29, 0.717) is 11.5 Å². The standard InChI is InChI=1S/C23H23N5/c1-16(2)23-26-13-20-15-28(9-8-22(20)27-23)14-18-6-7-21(25-12-18)19-5-3-4-17(10-19)11-24/h3-7,10,12-13,16H,8-9,14-15H2,1-2H3. The molecule has 0 saturated carbocycles. The number of pyridine rings is 1. The molecule has 140 valence electrons. The molecule has 0 radical (unpaired) electrons. The van der Waals surface area contributed by atoms with Crippen LogP contribution in [0.25, 0.3) is 11.3 Å². The van der Waals surface area contributed by atoms with Gasteiger partial charge in [0, 0.05) is 61.2 Å². The van der Waals surface area contributed by atoms with E-state index in [1.807, 2.05) is 36.7 Å². The first-order valence-corrected chi connectivity index (χ1v) is 9.65. The normalized spacial score (nSPS) is 13.9. The minimum Gasteiger partial charge on any atom is -0.294 e. The van der Waals surface area contributed by atoms with Gasteiger partial charge >= 0.3 is 0 Å². The number of aromatic nitrogens is 3. The van der Waals surface area contributed by atoms with E-state index in [1.54, 1.807) is 6.07 Å². The van der Waals surface area contributed by atoms with E-state index < -0.39 is 0 Å². The molecule has 28 heavy (non-hydrogen) atoms. The predicted octanol–water partition coefficient (Wildman–Crippen LogP) is 4.09. The molecule has 1 aliphatic rings. The molecule has 4 rings (SSSR count). The summed E-state index contributed by atoms with van der Waals surface area (Å²) in [5.41, 5.74) is 6.12. The van der Waals surface area contributed by atoms with E-state index in [4.69, 9.17) is 10.2 Å². The quantitative estimate of drug-likeness (QED) is 0.693. The van der Waals surface area contributed by atoms with Gasteiger partial charge in [0.1, 0.15) is 5.82 Å². The Balaban J connectivity index is 1.44. The fraction of sp³-hybridized carbons (Fsp3) is 0.304. The van der Waals surface area contributed by atoms with Gasteiger partial charge in [-0.2, -0.15) is 5.26 Å². The third-order valence-electron chi connectivity index (χ3n) is 5.07. The summed E-state index contributed by atoms with van der Waals surface area (Å²) in [5, 5.41) is 9.06. The molecule has 3 aromatic rings. The number of hydrogen-bond acceptors (Lipinski definition) is 5. The molecule has 1 aromatic carbocycles. The third-order valence-corrected chi connectivity index (χ3v) is 5.07. The van der Waals surface area contributed by atoms with Crippen LogP contribution in [0, 0.1) is 11.3 Å². The van der Waals surface area contributed by atoms with Crippen LogP contribution in [0.1, 0.15) is 48.0 Å². The Labute approximate surface area is 165 Å². The van der Waals surface area contributed by atoms with Crippen LogP contribution in [0.15, 0.2) is 48.8 Å². The molecular weight excluding hydrogens is 346 g/mol. The molecule has 0 spiro atoms. The molecule has 0 saturated heterocycles. The summed E-state index contributed by atoms with van der Waals surface area (Å²) in [6, 6.07) is 13.9. The van der Waals surface area contributed by atoms with Gasteiger partial charge in [0.05, 0.1) is 17.3 Å². The summed E-state index contributed by atoms with van der Waals surface area (Å²) in [6.45, 7) is 6.98. The Bertz CT molecular complexity index is 1020. The van der Waals surface area contributed by atoms with E-state index in [1.165, 1.54) is 16.8 Å². The summed E-state index contributed by atoms with van der Waals surface area (Å²) in [5.74, 6) is 1.30. The molecule has 0 amide bonds. The van der Waals surface area contributed by atoms with Gasteiger partial charge in [0.2, 0.25) is 0 Å². The van der Waals surface area contributed by atoms with Crippen molar-refractivity contribution < 1.29 is 0 Å². The lowest BCUT2D eigenvalue weighted by molar-refractivity contribution is 0.242. The maximum absolute atomic E-state index is 9.06. The van der Waals surface area contributed by atoms with Crippen LogP contribution in [0.3, 0.4) is 0 Å². The molecule has 0 N–H and O–H groups in total. The number of nitriles is 1. The van der Waals surface area contributed by atoms with Crippen LogP contribution in [0.5, 0.6) is 0 Å². The highest BCUT2D eigenvalue weighted by Crippen LogP contribution is 2.22. The monoisotopic (exact) mass is 369 g/mol. The number of hydrogen-bond donors (Lipinski definition) is 0. The second-order valence-electron chi connectivity index (χ2n) is 7.56. The maximum atomic E-state index is 9.06. The average molecular weight is 369 g/mol. The maximum Gasteiger partial charge on any atom is 0.131 e. The lowest BCUT2D eigenvalue weighted by Crippen LogP contribution is -2.31.